The molecule has 5 atom stereocenters. The SMILES string of the molecule is CCCNC(=O)[C@H]1CCCN1c1ccnc(-c2c[nH]c3ncc(Cl)cc23)n1.CCCNC(=O)[C@H]1CCCN1c1nc(-c2c[nH]c3ncc(Cl)cc23)ncc1F.O=C(NCC(F)(F)F)[C@H]1CC(F)(F)CN1c1ccnc(-c2c[nH]c3ncc(Cl)cc23)n1.O=C(NCC(F)(F)F)[C@H]1C[C@H](F)CN1c1ccnc(-c2c[nH]c3ncc(Cl)cc23)n1.[HH].[HH]. The van der Waals surface area contributed by atoms with Crippen LogP contribution < -0.4 is 40.9 Å². The van der Waals surface area contributed by atoms with Crippen LogP contribution in [0.5, 0.6) is 0 Å². The lowest BCUT2D eigenvalue weighted by atomic mass is 10.1. The largest absolute Gasteiger partial charge is 0.405 e. The molecule has 16 rings (SSSR count). The number of anilines is 4. The second-order valence-corrected chi connectivity index (χ2v) is 29.0. The maximum absolute atomic E-state index is 14.6. The molecule has 116 heavy (non-hydrogen) atoms. The van der Waals surface area contributed by atoms with Gasteiger partial charge in [-0.15, -0.1) is 0 Å². The predicted octanol–water partition coefficient (Wildman–Crippen LogP) is 13.8. The number of fused-ring (bicyclic) bond motifs is 4. The number of carbonyl (C=O) groups excluding carboxylic acids is 4. The van der Waals surface area contributed by atoms with E-state index in [0.29, 0.717) is 102 Å². The highest BCUT2D eigenvalue weighted by atomic mass is 35.5. The number of aromatic amines is 4. The van der Waals surface area contributed by atoms with Crippen molar-refractivity contribution < 1.29 is 65.9 Å². The van der Waals surface area contributed by atoms with Crippen LogP contribution in [0, 0.1) is 5.82 Å². The van der Waals surface area contributed by atoms with E-state index in [-0.39, 0.29) is 62.8 Å². The Hall–Kier alpha value is -11.4. The second kappa shape index (κ2) is 35.4. The van der Waals surface area contributed by atoms with Crippen molar-refractivity contribution in [1.29, 1.82) is 0 Å². The lowest BCUT2D eigenvalue weighted by Crippen LogP contribution is -2.46. The quantitative estimate of drug-likeness (QED) is 0.0370. The van der Waals surface area contributed by atoms with Crippen LogP contribution in [0.2, 0.25) is 20.1 Å². The van der Waals surface area contributed by atoms with Crippen LogP contribution in [0.4, 0.5) is 67.2 Å². The molecule has 0 saturated carbocycles. The summed E-state index contributed by atoms with van der Waals surface area (Å²) in [5.41, 5.74) is 5.06. The molecule has 4 fully saturated rings. The Balaban J connectivity index is 0.000000154. The van der Waals surface area contributed by atoms with E-state index in [4.69, 9.17) is 51.4 Å². The second-order valence-electron chi connectivity index (χ2n) is 27.2. The highest BCUT2D eigenvalue weighted by molar-refractivity contribution is 6.32. The van der Waals surface area contributed by atoms with Crippen LogP contribution in [0.1, 0.15) is 68.1 Å². The summed E-state index contributed by atoms with van der Waals surface area (Å²) in [7, 11) is 0. The van der Waals surface area contributed by atoms with Crippen molar-refractivity contribution in [2.45, 2.75) is 114 Å². The van der Waals surface area contributed by atoms with Crippen molar-refractivity contribution in [2.24, 2.45) is 0 Å². The molecule has 612 valence electrons. The van der Waals surface area contributed by atoms with Crippen molar-refractivity contribution in [3.63, 3.8) is 0 Å². The van der Waals surface area contributed by atoms with E-state index in [2.05, 4.69) is 90.3 Å². The Bertz CT molecular complexity index is 5580. The molecule has 16 heterocycles. The molecule has 0 aliphatic carbocycles. The molecule has 0 bridgehead atoms. The summed E-state index contributed by atoms with van der Waals surface area (Å²) in [6, 6.07) is 8.34. The van der Waals surface area contributed by atoms with Gasteiger partial charge in [-0.1, -0.05) is 60.3 Å². The van der Waals surface area contributed by atoms with Crippen LogP contribution in [-0.4, -0.2) is 204 Å². The third-order valence-electron chi connectivity index (χ3n) is 19.0. The van der Waals surface area contributed by atoms with E-state index < -0.39 is 86.3 Å². The topological polar surface area (TPSA) is 347 Å². The monoisotopic (exact) mass is 1690 g/mol. The average molecular weight is 1700 g/mol. The first kappa shape index (κ1) is 82.6. The first-order chi connectivity index (χ1) is 55.5. The molecule has 4 aliphatic heterocycles. The van der Waals surface area contributed by atoms with Gasteiger partial charge in [-0.3, -0.25) is 19.2 Å². The zero-order valence-electron chi connectivity index (χ0n) is 61.3. The van der Waals surface area contributed by atoms with E-state index in [9.17, 15) is 63.1 Å². The van der Waals surface area contributed by atoms with Gasteiger partial charge in [-0.05, 0) is 81.0 Å². The molecular formula is C74H74Cl4F10N24O4. The summed E-state index contributed by atoms with van der Waals surface area (Å²) in [5, 5.41) is 14.1. The molecule has 12 aromatic rings. The van der Waals surface area contributed by atoms with Gasteiger partial charge in [0, 0.05) is 154 Å². The van der Waals surface area contributed by atoms with Gasteiger partial charge < -0.3 is 60.8 Å². The van der Waals surface area contributed by atoms with E-state index >= 15 is 0 Å². The number of hydrogen-bond acceptors (Lipinski definition) is 20. The van der Waals surface area contributed by atoms with Gasteiger partial charge in [0.2, 0.25) is 23.6 Å². The standard InChI is InChI=1S/C19H20ClFN6O.C19H21ClN6O.C18H14ClF5N6O.C18H15ClF4N6O.2H2/c1-2-5-22-19(28)15-4-3-6-27(15)18-14(21)10-25-17(26-18)13-9-24-16-12(13)7-11(20)8-23-16;1-2-6-22-19(27)15-4-3-8-26(15)16-5-7-21-18(25-16)14-11-24-17-13(14)9-12(20)10-23-17;19-9-3-10-11(6-27-14(10)26-5-9)15-25-2-1-13(29-15)30-8-17(20,21)4-12(30)16(31)28-7-18(22,23)24;19-9-3-11-12(6-26-15(11)25-5-9)16-24-2-1-14(28-16)29-7-10(20)4-13(29)17(30)27-8-18(21,22)23;;/h7-10,15H,2-6H2,1H3,(H,22,28)(H,23,24);5,7,9-11,15H,2-4,6,8H2,1H3,(H,22,27)(H,23,24);1-3,5-6,12H,4,7-8H2,(H,26,27)(H,28,31);1-3,5-6,10,13H,4,7-8H2,(H,25,26)(H,27,30);2*1H/t2*15-;12-;10-,13+;;/m1110../s1. The average Bonchev–Trinajstić information content (AvgIpc) is 1.62. The maximum Gasteiger partial charge on any atom is 0.405 e. The lowest BCUT2D eigenvalue weighted by Gasteiger charge is -2.25. The number of nitrogens with one attached hydrogen (secondary N) is 8. The zero-order chi connectivity index (χ0) is 82.3. The molecule has 0 aromatic carbocycles. The van der Waals surface area contributed by atoms with Crippen LogP contribution in [0.3, 0.4) is 0 Å². The van der Waals surface area contributed by atoms with Gasteiger partial charge in [0.15, 0.2) is 34.9 Å². The van der Waals surface area contributed by atoms with Crippen molar-refractivity contribution in [3.8, 4) is 45.6 Å². The van der Waals surface area contributed by atoms with Crippen LogP contribution in [0.25, 0.3) is 89.7 Å². The Morgan fingerprint density at radius 1 is 0.491 bits per heavy atom. The summed E-state index contributed by atoms with van der Waals surface area (Å²) in [5.74, 6) is -3.42. The zero-order valence-corrected chi connectivity index (χ0v) is 64.3. The molecule has 8 N–H and O–H groups in total. The highest BCUT2D eigenvalue weighted by Gasteiger charge is 2.49. The fourth-order valence-electron chi connectivity index (χ4n) is 13.8. The van der Waals surface area contributed by atoms with Gasteiger partial charge >= 0.3 is 12.4 Å². The molecule has 4 amide bonds. The van der Waals surface area contributed by atoms with E-state index in [1.807, 2.05) is 37.5 Å². The van der Waals surface area contributed by atoms with Gasteiger partial charge in [-0.25, -0.2) is 77.4 Å². The minimum absolute atomic E-state index is 0. The van der Waals surface area contributed by atoms with Crippen LogP contribution >= 0.6 is 46.4 Å². The van der Waals surface area contributed by atoms with Gasteiger partial charge in [0.05, 0.1) is 39.4 Å². The summed E-state index contributed by atoms with van der Waals surface area (Å²) in [6.45, 7) is 2.59. The summed E-state index contributed by atoms with van der Waals surface area (Å²) >= 11 is 24.2. The number of H-pyrrole nitrogens is 4. The maximum atomic E-state index is 14.6. The number of alkyl halides is 9. The molecule has 12 aromatic heterocycles. The molecule has 42 heteroatoms. The Morgan fingerprint density at radius 3 is 1.28 bits per heavy atom. The molecule has 0 radical (unpaired) electrons. The fraction of sp³-hybridized carbons (Fsp3) is 0.351. The lowest BCUT2D eigenvalue weighted by molar-refractivity contribution is -0.139. The number of carbonyl (C=O) groups is 4. The van der Waals surface area contributed by atoms with Gasteiger partial charge in [0.25, 0.3) is 5.92 Å². The third-order valence-corrected chi connectivity index (χ3v) is 19.8. The van der Waals surface area contributed by atoms with Crippen molar-refractivity contribution in [2.75, 3.05) is 72.0 Å². The number of amides is 4. The Morgan fingerprint density at radius 2 is 0.862 bits per heavy atom. The van der Waals surface area contributed by atoms with Gasteiger partial charge in [0.1, 0.15) is 83.5 Å². The van der Waals surface area contributed by atoms with E-state index in [1.165, 1.54) is 41.8 Å². The minimum Gasteiger partial charge on any atom is -0.354 e. The first-order valence-corrected chi connectivity index (χ1v) is 37.9. The van der Waals surface area contributed by atoms with E-state index in [1.54, 1.807) is 65.6 Å². The van der Waals surface area contributed by atoms with Crippen molar-refractivity contribution >= 4 is 137 Å². The molecule has 0 unspecified atom stereocenters. The predicted molar refractivity (Wildman–Crippen MR) is 420 cm³/mol. The summed E-state index contributed by atoms with van der Waals surface area (Å²) in [6.07, 6.45) is 11.8. The molecule has 28 nitrogen and oxygen atoms in total. The summed E-state index contributed by atoms with van der Waals surface area (Å²) < 4.78 is 131. The normalized spacial score (nSPS) is 17.9. The number of pyridine rings is 4. The number of halogens is 14. The smallest absolute Gasteiger partial charge is 0.354 e. The van der Waals surface area contributed by atoms with Crippen LogP contribution in [0.15, 0.2) is 117 Å². The number of rotatable bonds is 18. The highest BCUT2D eigenvalue weighted by Crippen LogP contribution is 2.39. The molecule has 4 aliphatic rings. The van der Waals surface area contributed by atoms with Crippen molar-refractivity contribution in [3.05, 3.63) is 143 Å². The molecular weight excluding hydrogens is 1620 g/mol. The third kappa shape index (κ3) is 19.4. The van der Waals surface area contributed by atoms with E-state index in [0.717, 1.165) is 77.5 Å². The van der Waals surface area contributed by atoms with Gasteiger partial charge in [-0.2, -0.15) is 26.3 Å². The first-order valence-electron chi connectivity index (χ1n) is 36.4. The molecule has 0 spiro atoms. The fourth-order valence-corrected chi connectivity index (χ4v) is 14.4. The Labute approximate surface area is 675 Å². The minimum atomic E-state index is -4.66. The van der Waals surface area contributed by atoms with Crippen molar-refractivity contribution in [1.82, 2.24) is 101 Å². The Kier molecular flexibility index (Phi) is 25.2. The van der Waals surface area contributed by atoms with Crippen LogP contribution in [-0.2, 0) is 19.2 Å². The number of aromatic nitrogens is 16. The number of hydrogen-bond donors (Lipinski definition) is 8. The number of nitrogens with zero attached hydrogens (tertiary/aromatic N) is 16. The molecule has 4 saturated heterocycles. The summed E-state index contributed by atoms with van der Waals surface area (Å²) in [4.78, 5) is 119.